The highest BCUT2D eigenvalue weighted by molar-refractivity contribution is 6.04. The fraction of sp³-hybridized carbons (Fsp3) is 0.333. The molecule has 2 aliphatic rings. The van der Waals surface area contributed by atoms with E-state index in [2.05, 4.69) is 10.4 Å². The van der Waals surface area contributed by atoms with Crippen molar-refractivity contribution in [2.24, 2.45) is 16.4 Å². The van der Waals surface area contributed by atoms with E-state index in [9.17, 15) is 19.5 Å². The van der Waals surface area contributed by atoms with Crippen LogP contribution >= 0.6 is 0 Å². The van der Waals surface area contributed by atoms with Gasteiger partial charge < -0.3 is 10.4 Å². The van der Waals surface area contributed by atoms with Gasteiger partial charge in [-0.15, -0.1) is 0 Å². The average molecular weight is 538 g/mol. The van der Waals surface area contributed by atoms with Crippen LogP contribution in [0.4, 0.5) is 5.69 Å². The second-order valence-electron chi connectivity index (χ2n) is 11.5. The normalized spacial score (nSPS) is 19.2. The predicted octanol–water partition coefficient (Wildman–Crippen LogP) is 5.78. The Hall–Kier alpha value is -4.26. The predicted molar refractivity (Wildman–Crippen MR) is 155 cm³/mol. The van der Waals surface area contributed by atoms with Crippen LogP contribution < -0.4 is 5.32 Å². The number of nitrogens with one attached hydrogen (secondary N) is 1. The Labute approximate surface area is 234 Å². The van der Waals surface area contributed by atoms with Gasteiger partial charge in [-0.25, -0.2) is 5.01 Å². The van der Waals surface area contributed by atoms with Gasteiger partial charge in [0.2, 0.25) is 11.8 Å². The van der Waals surface area contributed by atoms with Crippen LogP contribution in [0.1, 0.15) is 67.3 Å². The van der Waals surface area contributed by atoms with E-state index >= 15 is 0 Å². The van der Waals surface area contributed by atoms with Crippen molar-refractivity contribution in [3.8, 4) is 0 Å². The topological polar surface area (TPSA) is 99.1 Å². The number of nitrogens with zero attached hydrogens (tertiary/aromatic N) is 2. The molecule has 1 aliphatic heterocycles. The van der Waals surface area contributed by atoms with Crippen LogP contribution in [0.2, 0.25) is 0 Å². The van der Waals surface area contributed by atoms with E-state index in [1.807, 2.05) is 86.6 Å². The lowest BCUT2D eigenvalue weighted by atomic mass is 9.86. The number of carbonyl (C=O) groups excluding carboxylic acids is 2. The molecule has 206 valence electrons. The van der Waals surface area contributed by atoms with E-state index in [4.69, 9.17) is 0 Å². The van der Waals surface area contributed by atoms with Crippen molar-refractivity contribution in [2.45, 2.75) is 58.9 Å². The van der Waals surface area contributed by atoms with Crippen molar-refractivity contribution >= 4 is 29.2 Å². The number of rotatable bonds is 8. The summed E-state index contributed by atoms with van der Waals surface area (Å²) in [5.41, 5.74) is 5.45. The van der Waals surface area contributed by atoms with Crippen molar-refractivity contribution in [1.82, 2.24) is 5.01 Å². The fourth-order valence-corrected chi connectivity index (χ4v) is 5.77. The van der Waals surface area contributed by atoms with Gasteiger partial charge in [0.25, 0.3) is 0 Å². The molecular weight excluding hydrogens is 502 g/mol. The highest BCUT2D eigenvalue weighted by Gasteiger charge is 2.41. The smallest absolute Gasteiger partial charge is 0.310 e. The Morgan fingerprint density at radius 1 is 0.975 bits per heavy atom. The van der Waals surface area contributed by atoms with Crippen molar-refractivity contribution in [1.29, 1.82) is 0 Å². The Bertz CT molecular complexity index is 1460. The average Bonchev–Trinajstić information content (AvgIpc) is 3.30. The lowest BCUT2D eigenvalue weighted by Gasteiger charge is -2.25. The van der Waals surface area contributed by atoms with Crippen molar-refractivity contribution in [3.05, 3.63) is 101 Å². The standard InChI is InChI=1S/C33H35N3O4/c1-21(2)30(31(38)34-28-11-7-10-25-18-33(3,32(39)40)19-26(25)28)24-14-12-22(13-15-24)20-36-29(37)17-16-27(35-36)23-8-5-4-6-9-23/h4-15,21,30H,16-20H2,1-3H3,(H,34,38)(H,39,40). The molecule has 0 radical (unpaired) electrons. The summed E-state index contributed by atoms with van der Waals surface area (Å²) in [4.78, 5) is 38.0. The Balaban J connectivity index is 1.31. The first-order valence-electron chi connectivity index (χ1n) is 13.8. The molecule has 0 saturated heterocycles. The van der Waals surface area contributed by atoms with Crippen LogP contribution in [0.3, 0.4) is 0 Å². The first kappa shape index (κ1) is 27.3. The lowest BCUT2D eigenvalue weighted by molar-refractivity contribution is -0.147. The molecule has 2 amide bonds. The molecule has 7 heteroatoms. The molecule has 2 unspecified atom stereocenters. The van der Waals surface area contributed by atoms with Gasteiger partial charge in [-0.2, -0.15) is 5.10 Å². The molecular formula is C33H35N3O4. The second-order valence-corrected chi connectivity index (χ2v) is 11.5. The molecule has 5 rings (SSSR count). The van der Waals surface area contributed by atoms with Gasteiger partial charge in [0, 0.05) is 18.5 Å². The third kappa shape index (κ3) is 5.55. The zero-order chi connectivity index (χ0) is 28.4. The molecule has 3 aromatic rings. The van der Waals surface area contributed by atoms with Crippen LogP contribution in [0, 0.1) is 11.3 Å². The zero-order valence-electron chi connectivity index (χ0n) is 23.2. The van der Waals surface area contributed by atoms with Gasteiger partial charge in [-0.3, -0.25) is 14.4 Å². The minimum Gasteiger partial charge on any atom is -0.481 e. The fourth-order valence-electron chi connectivity index (χ4n) is 5.77. The molecule has 2 N–H and O–H groups in total. The van der Waals surface area contributed by atoms with Gasteiger partial charge in [0.1, 0.15) is 0 Å². The minimum atomic E-state index is -0.863. The number of carbonyl (C=O) groups is 3. The summed E-state index contributed by atoms with van der Waals surface area (Å²) in [6, 6.07) is 23.4. The highest BCUT2D eigenvalue weighted by Crippen LogP contribution is 2.41. The molecule has 7 nitrogen and oxygen atoms in total. The number of anilines is 1. The van der Waals surface area contributed by atoms with Crippen LogP contribution in [0.25, 0.3) is 0 Å². The van der Waals surface area contributed by atoms with Crippen LogP contribution in [0.5, 0.6) is 0 Å². The van der Waals surface area contributed by atoms with Gasteiger partial charge in [0.15, 0.2) is 0 Å². The summed E-state index contributed by atoms with van der Waals surface area (Å²) in [7, 11) is 0. The molecule has 0 aromatic heterocycles. The molecule has 0 saturated carbocycles. The molecule has 0 spiro atoms. The quantitative estimate of drug-likeness (QED) is 0.380. The summed E-state index contributed by atoms with van der Waals surface area (Å²) < 4.78 is 0. The third-order valence-electron chi connectivity index (χ3n) is 8.03. The Morgan fingerprint density at radius 2 is 1.70 bits per heavy atom. The van der Waals surface area contributed by atoms with E-state index in [0.29, 0.717) is 37.9 Å². The second kappa shape index (κ2) is 11.1. The van der Waals surface area contributed by atoms with Crippen LogP contribution in [0.15, 0.2) is 77.9 Å². The first-order valence-corrected chi connectivity index (χ1v) is 13.8. The van der Waals surface area contributed by atoms with E-state index in [-0.39, 0.29) is 17.7 Å². The maximum Gasteiger partial charge on any atom is 0.310 e. The summed E-state index contributed by atoms with van der Waals surface area (Å²) in [6.07, 6.45) is 1.89. The maximum atomic E-state index is 13.6. The number of hydrogen-bond donors (Lipinski definition) is 2. The number of carboxylic acids is 1. The number of hydrazone groups is 1. The zero-order valence-corrected chi connectivity index (χ0v) is 23.2. The number of carboxylic acid groups (broad SMARTS) is 1. The molecule has 1 heterocycles. The monoisotopic (exact) mass is 537 g/mol. The summed E-state index contributed by atoms with van der Waals surface area (Å²) in [5, 5.41) is 19.0. The summed E-state index contributed by atoms with van der Waals surface area (Å²) in [5.74, 6) is -1.31. The number of benzene rings is 3. The molecule has 40 heavy (non-hydrogen) atoms. The van der Waals surface area contributed by atoms with Gasteiger partial charge >= 0.3 is 5.97 Å². The van der Waals surface area contributed by atoms with E-state index < -0.39 is 17.3 Å². The first-order chi connectivity index (χ1) is 19.1. The molecule has 0 bridgehead atoms. The van der Waals surface area contributed by atoms with E-state index in [1.165, 1.54) is 5.01 Å². The highest BCUT2D eigenvalue weighted by atomic mass is 16.4. The van der Waals surface area contributed by atoms with E-state index in [0.717, 1.165) is 33.5 Å². The molecule has 3 aromatic carbocycles. The van der Waals surface area contributed by atoms with Crippen molar-refractivity contribution < 1.29 is 19.5 Å². The summed E-state index contributed by atoms with van der Waals surface area (Å²) in [6.45, 7) is 6.15. The number of hydrogen-bond acceptors (Lipinski definition) is 4. The van der Waals surface area contributed by atoms with Gasteiger partial charge in [0.05, 0.1) is 23.6 Å². The summed E-state index contributed by atoms with van der Waals surface area (Å²) >= 11 is 0. The molecule has 1 aliphatic carbocycles. The third-order valence-corrected chi connectivity index (χ3v) is 8.03. The number of aliphatic carboxylic acids is 1. The molecule has 0 fully saturated rings. The van der Waals surface area contributed by atoms with Crippen LogP contribution in [-0.2, 0) is 33.8 Å². The lowest BCUT2D eigenvalue weighted by Crippen LogP contribution is -2.31. The Kier molecular flexibility index (Phi) is 7.57. The van der Waals surface area contributed by atoms with Crippen LogP contribution in [-0.4, -0.2) is 33.6 Å². The van der Waals surface area contributed by atoms with Gasteiger partial charge in [-0.1, -0.05) is 80.6 Å². The van der Waals surface area contributed by atoms with E-state index in [1.54, 1.807) is 6.92 Å². The largest absolute Gasteiger partial charge is 0.481 e. The Morgan fingerprint density at radius 3 is 2.38 bits per heavy atom. The maximum absolute atomic E-state index is 13.6. The van der Waals surface area contributed by atoms with Crippen molar-refractivity contribution in [2.75, 3.05) is 5.32 Å². The van der Waals surface area contributed by atoms with Crippen molar-refractivity contribution in [3.63, 3.8) is 0 Å². The minimum absolute atomic E-state index is 0.00224. The SMILES string of the molecule is CC(C)C(C(=O)Nc1cccc2c1CC(C)(C(=O)O)C2)c1ccc(CN2N=C(c3ccccc3)CCC2=O)cc1. The number of fused-ring (bicyclic) bond motifs is 1. The number of amides is 2. The van der Waals surface area contributed by atoms with Gasteiger partial charge in [-0.05, 0) is 59.6 Å². The molecule has 2 atom stereocenters.